The highest BCUT2D eigenvalue weighted by Crippen LogP contribution is 2.62. The lowest BCUT2D eigenvalue weighted by molar-refractivity contribution is -0.182. The van der Waals surface area contributed by atoms with Crippen LogP contribution in [0.15, 0.2) is 6.20 Å². The molecule has 0 unspecified atom stereocenters. The molecule has 4 aliphatic carbocycles. The summed E-state index contributed by atoms with van der Waals surface area (Å²) < 4.78 is 10.5. The van der Waals surface area contributed by atoms with Crippen LogP contribution in [-0.4, -0.2) is 29.3 Å². The fourth-order valence-electron chi connectivity index (χ4n) is 5.16. The molecule has 21 heavy (non-hydrogen) atoms. The number of aromatic nitrogens is 2. The van der Waals surface area contributed by atoms with Gasteiger partial charge in [0.1, 0.15) is 11.3 Å². The van der Waals surface area contributed by atoms with Crippen LogP contribution in [-0.2, 0) is 5.60 Å². The summed E-state index contributed by atoms with van der Waals surface area (Å²) in [4.78, 5) is 8.80. The number of hydrogen-bond acceptors (Lipinski definition) is 5. The molecule has 5 rings (SSSR count). The van der Waals surface area contributed by atoms with Gasteiger partial charge in [-0.05, 0) is 55.8 Å². The Bertz CT molecular complexity index is 532. The molecule has 4 fully saturated rings. The zero-order chi connectivity index (χ0) is 14.6. The van der Waals surface area contributed by atoms with Gasteiger partial charge in [-0.3, -0.25) is 0 Å². The van der Waals surface area contributed by atoms with Crippen LogP contribution < -0.4 is 9.47 Å². The Morgan fingerprint density at radius 1 is 1.05 bits per heavy atom. The summed E-state index contributed by atoms with van der Waals surface area (Å²) in [6.45, 7) is 0. The predicted molar refractivity (Wildman–Crippen MR) is 76.1 cm³/mol. The summed E-state index contributed by atoms with van der Waals surface area (Å²) in [7, 11) is 3.13. The van der Waals surface area contributed by atoms with Crippen molar-refractivity contribution < 1.29 is 14.6 Å². The van der Waals surface area contributed by atoms with Gasteiger partial charge in [-0.15, -0.1) is 0 Å². The molecule has 5 heteroatoms. The van der Waals surface area contributed by atoms with Gasteiger partial charge in [0, 0.05) is 0 Å². The fraction of sp³-hybridized carbons (Fsp3) is 0.750. The van der Waals surface area contributed by atoms with E-state index in [9.17, 15) is 5.11 Å². The second kappa shape index (κ2) is 4.57. The van der Waals surface area contributed by atoms with Gasteiger partial charge in [0.05, 0.1) is 20.4 Å². The number of hydrogen-bond donors (Lipinski definition) is 1. The molecule has 1 N–H and O–H groups in total. The van der Waals surface area contributed by atoms with Gasteiger partial charge in [-0.2, -0.15) is 4.98 Å². The van der Waals surface area contributed by atoms with Crippen molar-refractivity contribution >= 4 is 0 Å². The largest absolute Gasteiger partial charge is 0.480 e. The van der Waals surface area contributed by atoms with Crippen LogP contribution in [0.1, 0.15) is 37.8 Å². The van der Waals surface area contributed by atoms with Crippen molar-refractivity contribution in [1.29, 1.82) is 0 Å². The molecule has 0 atom stereocenters. The number of ether oxygens (including phenoxy) is 2. The Morgan fingerprint density at radius 3 is 2.19 bits per heavy atom. The first-order chi connectivity index (χ1) is 10.1. The van der Waals surface area contributed by atoms with Gasteiger partial charge in [0.25, 0.3) is 0 Å². The second-order valence-corrected chi connectivity index (χ2v) is 6.90. The second-order valence-electron chi connectivity index (χ2n) is 6.90. The molecule has 0 saturated heterocycles. The smallest absolute Gasteiger partial charge is 0.241 e. The molecule has 0 aromatic carbocycles. The zero-order valence-corrected chi connectivity index (χ0v) is 12.6. The van der Waals surface area contributed by atoms with Crippen molar-refractivity contribution in [3.63, 3.8) is 0 Å². The van der Waals surface area contributed by atoms with E-state index in [1.807, 2.05) is 0 Å². The molecule has 1 aromatic heterocycles. The molecule has 4 saturated carbocycles. The number of rotatable bonds is 3. The maximum absolute atomic E-state index is 11.5. The third-order valence-electron chi connectivity index (χ3n) is 5.88. The molecule has 4 bridgehead atoms. The molecule has 0 spiro atoms. The van der Waals surface area contributed by atoms with E-state index in [2.05, 4.69) is 9.97 Å². The highest BCUT2D eigenvalue weighted by atomic mass is 16.5. The Labute approximate surface area is 124 Å². The van der Waals surface area contributed by atoms with Gasteiger partial charge >= 0.3 is 0 Å². The van der Waals surface area contributed by atoms with Crippen LogP contribution in [0.5, 0.6) is 11.8 Å². The van der Waals surface area contributed by atoms with Crippen LogP contribution in [0.4, 0.5) is 0 Å². The first-order valence-corrected chi connectivity index (χ1v) is 7.83. The van der Waals surface area contributed by atoms with E-state index < -0.39 is 5.60 Å². The fourth-order valence-corrected chi connectivity index (χ4v) is 5.16. The minimum atomic E-state index is -0.877. The van der Waals surface area contributed by atoms with Crippen LogP contribution in [0, 0.1) is 23.7 Å². The monoisotopic (exact) mass is 290 g/mol. The highest BCUT2D eigenvalue weighted by Gasteiger charge is 2.59. The predicted octanol–water partition coefficient (Wildman–Crippen LogP) is 2.14. The van der Waals surface area contributed by atoms with Crippen molar-refractivity contribution in [2.75, 3.05) is 14.2 Å². The third-order valence-corrected chi connectivity index (χ3v) is 5.88. The topological polar surface area (TPSA) is 64.5 Å². The van der Waals surface area contributed by atoms with E-state index in [1.165, 1.54) is 6.42 Å². The molecule has 5 nitrogen and oxygen atoms in total. The van der Waals surface area contributed by atoms with Crippen LogP contribution in [0.25, 0.3) is 0 Å². The number of nitrogens with zero attached hydrogens (tertiary/aromatic N) is 2. The summed E-state index contributed by atoms with van der Waals surface area (Å²) in [6.07, 6.45) is 7.39. The summed E-state index contributed by atoms with van der Waals surface area (Å²) in [5, 5.41) is 11.5. The Morgan fingerprint density at radius 2 is 1.67 bits per heavy atom. The molecular weight excluding hydrogens is 268 g/mol. The maximum Gasteiger partial charge on any atom is 0.241 e. The SMILES string of the molecule is COc1cnc(C2(O)C3CC4CC(C3)CC2C4)c(OC)n1. The molecule has 0 aliphatic heterocycles. The Balaban J connectivity index is 1.78. The van der Waals surface area contributed by atoms with Crippen LogP contribution >= 0.6 is 0 Å². The van der Waals surface area contributed by atoms with Crippen molar-refractivity contribution in [3.8, 4) is 11.8 Å². The van der Waals surface area contributed by atoms with Gasteiger partial charge in [-0.25, -0.2) is 4.98 Å². The van der Waals surface area contributed by atoms with E-state index in [0.717, 1.165) is 37.5 Å². The van der Waals surface area contributed by atoms with Crippen molar-refractivity contribution in [3.05, 3.63) is 11.9 Å². The Kier molecular flexibility index (Phi) is 2.89. The molecule has 1 aromatic rings. The first kappa shape index (κ1) is 13.3. The lowest BCUT2D eigenvalue weighted by Gasteiger charge is -2.58. The maximum atomic E-state index is 11.5. The van der Waals surface area contributed by atoms with Crippen molar-refractivity contribution in [2.24, 2.45) is 23.7 Å². The van der Waals surface area contributed by atoms with E-state index in [-0.39, 0.29) is 0 Å². The van der Waals surface area contributed by atoms with Crippen molar-refractivity contribution in [1.82, 2.24) is 9.97 Å². The number of aliphatic hydroxyl groups is 1. The molecule has 1 heterocycles. The van der Waals surface area contributed by atoms with E-state index in [1.54, 1.807) is 20.4 Å². The van der Waals surface area contributed by atoms with E-state index >= 15 is 0 Å². The average Bonchev–Trinajstić information content (AvgIpc) is 2.51. The summed E-state index contributed by atoms with van der Waals surface area (Å²) in [6, 6.07) is 0. The Hall–Kier alpha value is -1.36. The molecule has 4 aliphatic rings. The summed E-state index contributed by atoms with van der Waals surface area (Å²) in [5.74, 6) is 3.01. The molecule has 114 valence electrons. The van der Waals surface area contributed by atoms with Crippen LogP contribution in [0.3, 0.4) is 0 Å². The van der Waals surface area contributed by atoms with E-state index in [0.29, 0.717) is 29.3 Å². The lowest BCUT2D eigenvalue weighted by atomic mass is 9.49. The minimum absolute atomic E-state index is 0.297. The quantitative estimate of drug-likeness (QED) is 0.924. The first-order valence-electron chi connectivity index (χ1n) is 7.83. The van der Waals surface area contributed by atoms with E-state index in [4.69, 9.17) is 9.47 Å². The molecule has 0 radical (unpaired) electrons. The summed E-state index contributed by atoms with van der Waals surface area (Å²) in [5.41, 5.74) is -0.266. The average molecular weight is 290 g/mol. The van der Waals surface area contributed by atoms with Crippen LogP contribution in [0.2, 0.25) is 0 Å². The van der Waals surface area contributed by atoms with Gasteiger partial charge in [-0.1, -0.05) is 0 Å². The van der Waals surface area contributed by atoms with Gasteiger partial charge < -0.3 is 14.6 Å². The standard InChI is InChI=1S/C16H22N2O3/c1-20-13-8-17-14(15(18-13)21-2)16(19)11-4-9-3-10(6-11)7-12(16)5-9/h8-12,19H,3-7H2,1-2H3. The molecule has 0 amide bonds. The minimum Gasteiger partial charge on any atom is -0.480 e. The number of methoxy groups -OCH3 is 2. The van der Waals surface area contributed by atoms with Gasteiger partial charge in [0.15, 0.2) is 0 Å². The van der Waals surface area contributed by atoms with Crippen molar-refractivity contribution in [2.45, 2.75) is 37.7 Å². The summed E-state index contributed by atoms with van der Waals surface area (Å²) >= 11 is 0. The third kappa shape index (κ3) is 1.79. The highest BCUT2D eigenvalue weighted by molar-refractivity contribution is 5.31. The van der Waals surface area contributed by atoms with Gasteiger partial charge in [0.2, 0.25) is 11.8 Å². The zero-order valence-electron chi connectivity index (χ0n) is 12.6. The lowest BCUT2D eigenvalue weighted by Crippen LogP contribution is -2.56. The molecular formula is C16H22N2O3. The normalized spacial score (nSPS) is 40.3.